The van der Waals surface area contributed by atoms with Crippen LogP contribution in [0, 0.1) is 5.92 Å². The van der Waals surface area contributed by atoms with E-state index in [0.29, 0.717) is 24.0 Å². The van der Waals surface area contributed by atoms with Gasteiger partial charge in [0.25, 0.3) is 5.91 Å². The number of aromatic nitrogens is 2. The topological polar surface area (TPSA) is 71.3 Å². The van der Waals surface area contributed by atoms with Crippen LogP contribution < -0.4 is 5.32 Å². The molecule has 1 aromatic heterocycles. The summed E-state index contributed by atoms with van der Waals surface area (Å²) in [6, 6.07) is 7.59. The maximum atomic E-state index is 12.3. The summed E-state index contributed by atoms with van der Waals surface area (Å²) in [7, 11) is 0. The second-order valence-corrected chi connectivity index (χ2v) is 6.61. The first-order chi connectivity index (χ1) is 11.6. The van der Waals surface area contributed by atoms with E-state index in [1.807, 2.05) is 12.1 Å². The minimum absolute atomic E-state index is 0.0492. The fraction of sp³-hybridized carbons (Fsp3) is 0.500. The van der Waals surface area contributed by atoms with Crippen LogP contribution in [0.3, 0.4) is 0 Å². The van der Waals surface area contributed by atoms with Crippen molar-refractivity contribution in [1.29, 1.82) is 0 Å². The highest BCUT2D eigenvalue weighted by Gasteiger charge is 2.20. The molecule has 2 heterocycles. The summed E-state index contributed by atoms with van der Waals surface area (Å²) in [5, 5.41) is 6.82. The Morgan fingerprint density at radius 3 is 2.67 bits per heavy atom. The smallest absolute Gasteiger partial charge is 0.251 e. The zero-order chi connectivity index (χ0) is 16.9. The third kappa shape index (κ3) is 4.00. The molecule has 1 aliphatic heterocycles. The predicted octanol–water partition coefficient (Wildman–Crippen LogP) is 2.59. The van der Waals surface area contributed by atoms with Crippen LogP contribution in [0.25, 0.3) is 11.4 Å². The van der Waals surface area contributed by atoms with E-state index in [-0.39, 0.29) is 5.91 Å². The predicted molar refractivity (Wildman–Crippen MR) is 91.5 cm³/mol. The Morgan fingerprint density at radius 1 is 1.33 bits per heavy atom. The number of benzene rings is 1. The van der Waals surface area contributed by atoms with Crippen molar-refractivity contribution in [2.24, 2.45) is 5.92 Å². The highest BCUT2D eigenvalue weighted by atomic mass is 16.5. The summed E-state index contributed by atoms with van der Waals surface area (Å²) >= 11 is 0. The van der Waals surface area contributed by atoms with Gasteiger partial charge in [0.1, 0.15) is 0 Å². The molecule has 1 N–H and O–H groups in total. The van der Waals surface area contributed by atoms with E-state index in [4.69, 9.17) is 4.52 Å². The number of likely N-dealkylation sites (tertiary alicyclic amines) is 1. The Balaban J connectivity index is 1.51. The van der Waals surface area contributed by atoms with E-state index >= 15 is 0 Å². The number of carbonyl (C=O) groups is 1. The molecule has 0 unspecified atom stereocenters. The lowest BCUT2D eigenvalue weighted by Gasteiger charge is -2.35. The molecule has 128 valence electrons. The average molecular weight is 328 g/mol. The summed E-state index contributed by atoms with van der Waals surface area (Å²) in [5.74, 6) is 1.29. The molecule has 1 aromatic carbocycles. The Morgan fingerprint density at radius 2 is 2.04 bits per heavy atom. The second kappa shape index (κ2) is 7.57. The van der Waals surface area contributed by atoms with Gasteiger partial charge in [0.2, 0.25) is 12.2 Å². The van der Waals surface area contributed by atoms with Gasteiger partial charge in [-0.3, -0.25) is 9.69 Å². The lowest BCUT2D eigenvalue weighted by molar-refractivity contribution is 0.0921. The second-order valence-electron chi connectivity index (χ2n) is 6.61. The van der Waals surface area contributed by atoms with Crippen molar-refractivity contribution < 1.29 is 9.32 Å². The van der Waals surface area contributed by atoms with Crippen molar-refractivity contribution >= 4 is 5.91 Å². The molecule has 24 heavy (non-hydrogen) atoms. The molecular weight excluding hydrogens is 304 g/mol. The van der Waals surface area contributed by atoms with E-state index in [1.54, 1.807) is 12.1 Å². The quantitative estimate of drug-likeness (QED) is 0.913. The number of piperidine rings is 1. The van der Waals surface area contributed by atoms with Gasteiger partial charge in [-0.15, -0.1) is 0 Å². The zero-order valence-electron chi connectivity index (χ0n) is 14.2. The molecule has 0 saturated carbocycles. The summed E-state index contributed by atoms with van der Waals surface area (Å²) in [6.07, 6.45) is 3.78. The lowest BCUT2D eigenvalue weighted by atomic mass is 9.98. The monoisotopic (exact) mass is 328 g/mol. The number of carbonyl (C=O) groups excluding carboxylic acids is 1. The Labute approximate surface area is 142 Å². The van der Waals surface area contributed by atoms with Gasteiger partial charge in [-0.05, 0) is 50.9 Å². The molecule has 6 nitrogen and oxygen atoms in total. The normalized spacial score (nSPS) is 17.6. The van der Waals surface area contributed by atoms with E-state index in [1.165, 1.54) is 19.2 Å². The molecule has 1 aliphatic rings. The number of nitrogens with one attached hydrogen (secondary N) is 1. The molecule has 1 fully saturated rings. The highest BCUT2D eigenvalue weighted by Crippen LogP contribution is 2.18. The molecule has 1 amide bonds. The van der Waals surface area contributed by atoms with Gasteiger partial charge in [0.05, 0.1) is 0 Å². The van der Waals surface area contributed by atoms with E-state index in [2.05, 4.69) is 34.2 Å². The van der Waals surface area contributed by atoms with E-state index in [9.17, 15) is 4.79 Å². The van der Waals surface area contributed by atoms with Crippen molar-refractivity contribution in [2.45, 2.75) is 32.7 Å². The molecule has 2 aromatic rings. The summed E-state index contributed by atoms with van der Waals surface area (Å²) in [6.45, 7) is 7.40. The van der Waals surface area contributed by atoms with Gasteiger partial charge in [0.15, 0.2) is 0 Å². The Kier molecular flexibility index (Phi) is 5.25. The van der Waals surface area contributed by atoms with Crippen LogP contribution in [-0.2, 0) is 0 Å². The maximum absolute atomic E-state index is 12.3. The Hall–Kier alpha value is -2.21. The van der Waals surface area contributed by atoms with E-state index in [0.717, 1.165) is 24.6 Å². The van der Waals surface area contributed by atoms with Crippen LogP contribution >= 0.6 is 0 Å². The van der Waals surface area contributed by atoms with Crippen molar-refractivity contribution in [1.82, 2.24) is 20.4 Å². The van der Waals surface area contributed by atoms with Crippen LogP contribution in [0.4, 0.5) is 0 Å². The van der Waals surface area contributed by atoms with Crippen molar-refractivity contribution in [3.05, 3.63) is 36.2 Å². The average Bonchev–Trinajstić information content (AvgIpc) is 3.15. The zero-order valence-corrected chi connectivity index (χ0v) is 14.2. The number of hydrogen-bond donors (Lipinski definition) is 1. The van der Waals surface area contributed by atoms with Gasteiger partial charge < -0.3 is 9.84 Å². The van der Waals surface area contributed by atoms with Gasteiger partial charge in [0, 0.05) is 23.7 Å². The molecule has 1 atom stereocenters. The van der Waals surface area contributed by atoms with Gasteiger partial charge in [-0.25, -0.2) is 0 Å². The summed E-state index contributed by atoms with van der Waals surface area (Å²) < 4.78 is 4.73. The molecule has 0 aliphatic carbocycles. The minimum atomic E-state index is -0.0492. The van der Waals surface area contributed by atoms with Crippen molar-refractivity contribution in [3.8, 4) is 11.4 Å². The lowest BCUT2D eigenvalue weighted by Crippen LogP contribution is -2.45. The highest BCUT2D eigenvalue weighted by molar-refractivity contribution is 5.94. The maximum Gasteiger partial charge on any atom is 0.251 e. The third-order valence-electron chi connectivity index (χ3n) is 4.77. The first kappa shape index (κ1) is 16.6. The number of amides is 1. The standard InChI is InChI=1S/C18H24N4O2/c1-13-7-9-22(10-8-13)14(2)11-19-18(23)16-5-3-15(4-6-16)17-20-12-24-21-17/h3-6,12-14H,7-11H2,1-2H3,(H,19,23)/t14-/m0/s1. The third-order valence-corrected chi connectivity index (χ3v) is 4.77. The van der Waals surface area contributed by atoms with Crippen LogP contribution in [0.1, 0.15) is 37.0 Å². The fourth-order valence-electron chi connectivity index (χ4n) is 3.01. The van der Waals surface area contributed by atoms with Crippen LogP contribution in [0.5, 0.6) is 0 Å². The largest absolute Gasteiger partial charge is 0.350 e. The molecular formula is C18H24N4O2. The minimum Gasteiger partial charge on any atom is -0.350 e. The first-order valence-electron chi connectivity index (χ1n) is 8.52. The number of rotatable bonds is 5. The van der Waals surface area contributed by atoms with Gasteiger partial charge in [-0.1, -0.05) is 24.2 Å². The van der Waals surface area contributed by atoms with E-state index < -0.39 is 0 Å². The van der Waals surface area contributed by atoms with Gasteiger partial charge in [-0.2, -0.15) is 4.98 Å². The first-order valence-corrected chi connectivity index (χ1v) is 8.52. The summed E-state index contributed by atoms with van der Waals surface area (Å²) in [4.78, 5) is 18.8. The molecule has 3 rings (SSSR count). The number of hydrogen-bond acceptors (Lipinski definition) is 5. The van der Waals surface area contributed by atoms with Crippen molar-refractivity contribution in [3.63, 3.8) is 0 Å². The SMILES string of the molecule is CC1CCN([C@@H](C)CNC(=O)c2ccc(-c3ncon3)cc2)CC1. The molecule has 0 bridgehead atoms. The van der Waals surface area contributed by atoms with Crippen LogP contribution in [0.15, 0.2) is 35.2 Å². The molecule has 1 saturated heterocycles. The summed E-state index contributed by atoms with van der Waals surface area (Å²) in [5.41, 5.74) is 1.47. The Bertz CT molecular complexity index is 646. The molecule has 0 radical (unpaired) electrons. The molecule has 6 heteroatoms. The number of nitrogens with zero attached hydrogens (tertiary/aromatic N) is 3. The van der Waals surface area contributed by atoms with Crippen LogP contribution in [-0.4, -0.2) is 46.6 Å². The van der Waals surface area contributed by atoms with Crippen molar-refractivity contribution in [2.75, 3.05) is 19.6 Å². The molecule has 0 spiro atoms. The van der Waals surface area contributed by atoms with Crippen LogP contribution in [0.2, 0.25) is 0 Å². The fourth-order valence-corrected chi connectivity index (χ4v) is 3.01. The van der Waals surface area contributed by atoms with Gasteiger partial charge >= 0.3 is 0 Å².